The molecule has 1 atom stereocenters. The lowest BCUT2D eigenvalue weighted by Crippen LogP contribution is -2.43. The summed E-state index contributed by atoms with van der Waals surface area (Å²) in [7, 11) is 0. The molecule has 1 N–H and O–H groups in total. The maximum atomic E-state index is 11.0. The molecule has 132 valence electrons. The minimum atomic E-state index is 0.0145. The van der Waals surface area contributed by atoms with Crippen molar-refractivity contribution < 1.29 is 9.53 Å². The summed E-state index contributed by atoms with van der Waals surface area (Å²) >= 11 is 0. The molecule has 0 bridgehead atoms. The van der Waals surface area contributed by atoms with Gasteiger partial charge in [0.1, 0.15) is 0 Å². The highest BCUT2D eigenvalue weighted by molar-refractivity contribution is 5.72. The number of hydrogen-bond donors (Lipinski definition) is 1. The lowest BCUT2D eigenvalue weighted by Gasteiger charge is -2.33. The van der Waals surface area contributed by atoms with Crippen LogP contribution in [-0.4, -0.2) is 48.1 Å². The van der Waals surface area contributed by atoms with Crippen molar-refractivity contribution in [1.82, 2.24) is 15.2 Å². The third-order valence-corrected chi connectivity index (χ3v) is 4.38. The maximum Gasteiger partial charge on any atom is 0.216 e. The van der Waals surface area contributed by atoms with Crippen LogP contribution in [0, 0.1) is 0 Å². The van der Waals surface area contributed by atoms with E-state index in [2.05, 4.69) is 39.5 Å². The lowest BCUT2D eigenvalue weighted by molar-refractivity contribution is -0.119. The first-order chi connectivity index (χ1) is 12.2. The van der Waals surface area contributed by atoms with E-state index in [1.165, 1.54) is 5.56 Å². The standard InChI is InChI=1S/C20H25N3O2/c1-16(24)21-11-9-19-15-23(12-13-25-19)14-17-5-7-18(8-6-17)20-4-2-3-10-22-20/h2-8,10,19H,9,11-15H2,1H3,(H,21,24)/t19-/m1/s1. The second-order valence-corrected chi connectivity index (χ2v) is 6.41. The zero-order valence-electron chi connectivity index (χ0n) is 14.6. The first-order valence-electron chi connectivity index (χ1n) is 8.79. The average Bonchev–Trinajstić information content (AvgIpc) is 2.63. The van der Waals surface area contributed by atoms with Gasteiger partial charge < -0.3 is 10.1 Å². The molecule has 0 unspecified atom stereocenters. The summed E-state index contributed by atoms with van der Waals surface area (Å²) in [6.07, 6.45) is 2.86. The Labute approximate surface area is 149 Å². The quantitative estimate of drug-likeness (QED) is 0.878. The number of morpholine rings is 1. The number of hydrogen-bond acceptors (Lipinski definition) is 4. The van der Waals surface area contributed by atoms with Gasteiger partial charge in [0.15, 0.2) is 0 Å². The highest BCUT2D eigenvalue weighted by Crippen LogP contribution is 2.18. The maximum absolute atomic E-state index is 11.0. The number of carbonyl (C=O) groups excluding carboxylic acids is 1. The molecule has 1 aromatic carbocycles. The van der Waals surface area contributed by atoms with E-state index in [1.807, 2.05) is 24.4 Å². The Balaban J connectivity index is 1.52. The van der Waals surface area contributed by atoms with Crippen LogP contribution < -0.4 is 5.32 Å². The molecule has 2 heterocycles. The first-order valence-corrected chi connectivity index (χ1v) is 8.79. The van der Waals surface area contributed by atoms with E-state index in [0.717, 1.165) is 43.9 Å². The van der Waals surface area contributed by atoms with Crippen molar-refractivity contribution >= 4 is 5.91 Å². The molecule has 1 saturated heterocycles. The molecule has 3 rings (SSSR count). The second kappa shape index (κ2) is 8.74. The van der Waals surface area contributed by atoms with Crippen LogP contribution in [0.15, 0.2) is 48.7 Å². The predicted molar refractivity (Wildman–Crippen MR) is 98.0 cm³/mol. The molecule has 0 saturated carbocycles. The average molecular weight is 339 g/mol. The molecular formula is C20H25N3O2. The van der Waals surface area contributed by atoms with Crippen molar-refractivity contribution in [2.45, 2.75) is 26.0 Å². The fourth-order valence-corrected chi connectivity index (χ4v) is 3.08. The van der Waals surface area contributed by atoms with Crippen molar-refractivity contribution in [2.75, 3.05) is 26.2 Å². The van der Waals surface area contributed by atoms with Crippen molar-refractivity contribution in [3.8, 4) is 11.3 Å². The zero-order valence-corrected chi connectivity index (χ0v) is 14.6. The largest absolute Gasteiger partial charge is 0.375 e. The Kier molecular flexibility index (Phi) is 6.14. The van der Waals surface area contributed by atoms with Crippen molar-refractivity contribution in [1.29, 1.82) is 0 Å². The third-order valence-electron chi connectivity index (χ3n) is 4.38. The van der Waals surface area contributed by atoms with Gasteiger partial charge in [-0.2, -0.15) is 0 Å². The molecule has 5 heteroatoms. The summed E-state index contributed by atoms with van der Waals surface area (Å²) in [6.45, 7) is 5.73. The molecule has 2 aromatic rings. The van der Waals surface area contributed by atoms with Gasteiger partial charge in [-0.25, -0.2) is 0 Å². The van der Waals surface area contributed by atoms with E-state index in [-0.39, 0.29) is 12.0 Å². The van der Waals surface area contributed by atoms with Crippen LogP contribution in [-0.2, 0) is 16.1 Å². The summed E-state index contributed by atoms with van der Waals surface area (Å²) in [5, 5.41) is 2.84. The van der Waals surface area contributed by atoms with E-state index in [4.69, 9.17) is 4.74 Å². The fourth-order valence-electron chi connectivity index (χ4n) is 3.08. The number of rotatable bonds is 6. The van der Waals surface area contributed by atoms with Gasteiger partial charge in [0, 0.05) is 44.9 Å². The molecule has 1 aliphatic heterocycles. The van der Waals surface area contributed by atoms with Crippen LogP contribution >= 0.6 is 0 Å². The van der Waals surface area contributed by atoms with Crippen molar-refractivity contribution in [2.24, 2.45) is 0 Å². The Bertz CT molecular complexity index is 673. The third kappa shape index (κ3) is 5.37. The van der Waals surface area contributed by atoms with Crippen LogP contribution in [0.3, 0.4) is 0 Å². The molecule has 0 aliphatic carbocycles. The molecule has 0 radical (unpaired) electrons. The summed E-state index contributed by atoms with van der Waals surface area (Å²) in [6, 6.07) is 14.6. The number of benzene rings is 1. The van der Waals surface area contributed by atoms with Crippen LogP contribution in [0.25, 0.3) is 11.3 Å². The second-order valence-electron chi connectivity index (χ2n) is 6.41. The molecule has 1 aromatic heterocycles. The zero-order chi connectivity index (χ0) is 17.5. The van der Waals surface area contributed by atoms with E-state index in [1.54, 1.807) is 6.92 Å². The molecule has 0 spiro atoms. The Morgan fingerprint density at radius 3 is 2.84 bits per heavy atom. The van der Waals surface area contributed by atoms with Crippen LogP contribution in [0.2, 0.25) is 0 Å². The van der Waals surface area contributed by atoms with Crippen LogP contribution in [0.1, 0.15) is 18.9 Å². The van der Waals surface area contributed by atoms with Gasteiger partial charge in [-0.15, -0.1) is 0 Å². The number of ether oxygens (including phenoxy) is 1. The van der Waals surface area contributed by atoms with Crippen LogP contribution in [0.5, 0.6) is 0 Å². The van der Waals surface area contributed by atoms with E-state index in [9.17, 15) is 4.79 Å². The van der Waals surface area contributed by atoms with Gasteiger partial charge in [-0.05, 0) is 24.1 Å². The Morgan fingerprint density at radius 2 is 2.12 bits per heavy atom. The summed E-state index contributed by atoms with van der Waals surface area (Å²) in [5.41, 5.74) is 3.43. The molecule has 1 amide bonds. The SMILES string of the molecule is CC(=O)NCC[C@@H]1CN(Cc2ccc(-c3ccccn3)cc2)CCO1. The minimum Gasteiger partial charge on any atom is -0.375 e. The number of pyridine rings is 1. The van der Waals surface area contributed by atoms with E-state index >= 15 is 0 Å². The summed E-state index contributed by atoms with van der Waals surface area (Å²) in [5.74, 6) is 0.0145. The van der Waals surface area contributed by atoms with Gasteiger partial charge >= 0.3 is 0 Å². The van der Waals surface area contributed by atoms with E-state index < -0.39 is 0 Å². The molecule has 1 fully saturated rings. The number of nitrogens with one attached hydrogen (secondary N) is 1. The minimum absolute atomic E-state index is 0.0145. The molecule has 5 nitrogen and oxygen atoms in total. The number of nitrogens with zero attached hydrogens (tertiary/aromatic N) is 2. The van der Waals surface area contributed by atoms with Crippen molar-refractivity contribution in [3.63, 3.8) is 0 Å². The van der Waals surface area contributed by atoms with Crippen molar-refractivity contribution in [3.05, 3.63) is 54.2 Å². The lowest BCUT2D eigenvalue weighted by atomic mass is 10.1. The highest BCUT2D eigenvalue weighted by atomic mass is 16.5. The Hall–Kier alpha value is -2.24. The molecular weight excluding hydrogens is 314 g/mol. The van der Waals surface area contributed by atoms with Gasteiger partial charge in [0.25, 0.3) is 0 Å². The van der Waals surface area contributed by atoms with E-state index in [0.29, 0.717) is 6.54 Å². The van der Waals surface area contributed by atoms with Gasteiger partial charge in [0.05, 0.1) is 18.4 Å². The smallest absolute Gasteiger partial charge is 0.216 e. The van der Waals surface area contributed by atoms with Crippen LogP contribution in [0.4, 0.5) is 0 Å². The van der Waals surface area contributed by atoms with Gasteiger partial charge in [0.2, 0.25) is 5.91 Å². The molecule has 1 aliphatic rings. The topological polar surface area (TPSA) is 54.5 Å². The van der Waals surface area contributed by atoms with Gasteiger partial charge in [-0.1, -0.05) is 30.3 Å². The van der Waals surface area contributed by atoms with Gasteiger partial charge in [-0.3, -0.25) is 14.7 Å². The number of aromatic nitrogens is 1. The predicted octanol–water partition coefficient (Wildman–Crippen LogP) is 2.48. The first kappa shape index (κ1) is 17.6. The highest BCUT2D eigenvalue weighted by Gasteiger charge is 2.20. The number of carbonyl (C=O) groups is 1. The number of amides is 1. The normalized spacial score (nSPS) is 18.0. The monoisotopic (exact) mass is 339 g/mol. The summed E-state index contributed by atoms with van der Waals surface area (Å²) in [4.78, 5) is 17.8. The Morgan fingerprint density at radius 1 is 1.28 bits per heavy atom. The molecule has 25 heavy (non-hydrogen) atoms. The summed E-state index contributed by atoms with van der Waals surface area (Å²) < 4.78 is 5.80. The fraction of sp³-hybridized carbons (Fsp3) is 0.400.